The van der Waals surface area contributed by atoms with Crippen molar-refractivity contribution in [2.24, 2.45) is 0 Å². The number of amides is 3. The lowest BCUT2D eigenvalue weighted by molar-refractivity contribution is -0.128. The molecule has 3 rings (SSSR count). The lowest BCUT2D eigenvalue weighted by Gasteiger charge is -2.27. The number of hydrogen-bond acceptors (Lipinski definition) is 5. The fourth-order valence-electron chi connectivity index (χ4n) is 2.72. The maximum absolute atomic E-state index is 12.0. The van der Waals surface area contributed by atoms with Crippen molar-refractivity contribution in [2.45, 2.75) is 12.5 Å². The third-order valence-corrected chi connectivity index (χ3v) is 4.07. The monoisotopic (exact) mass is 319 g/mol. The highest BCUT2D eigenvalue weighted by atomic mass is 16.5. The van der Waals surface area contributed by atoms with Crippen LogP contribution in [-0.4, -0.2) is 67.8 Å². The zero-order chi connectivity index (χ0) is 16.2. The molecule has 0 aromatic carbocycles. The summed E-state index contributed by atoms with van der Waals surface area (Å²) in [5, 5.41) is 5.40. The van der Waals surface area contributed by atoms with Crippen molar-refractivity contribution in [3.05, 3.63) is 18.3 Å². The van der Waals surface area contributed by atoms with E-state index in [-0.39, 0.29) is 11.9 Å². The molecule has 1 aromatic heterocycles. The Kier molecular flexibility index (Phi) is 4.61. The number of rotatable bonds is 3. The van der Waals surface area contributed by atoms with Gasteiger partial charge in [0.2, 0.25) is 5.91 Å². The maximum atomic E-state index is 12.0. The van der Waals surface area contributed by atoms with E-state index in [0.717, 1.165) is 18.9 Å². The summed E-state index contributed by atoms with van der Waals surface area (Å²) in [5.41, 5.74) is 0.596. The molecule has 23 heavy (non-hydrogen) atoms. The van der Waals surface area contributed by atoms with Crippen LogP contribution >= 0.6 is 0 Å². The van der Waals surface area contributed by atoms with E-state index in [1.807, 2.05) is 6.07 Å². The van der Waals surface area contributed by atoms with E-state index in [1.54, 1.807) is 24.2 Å². The smallest absolute Gasteiger partial charge is 0.319 e. The Balaban J connectivity index is 1.53. The normalized spacial score (nSPS) is 21.4. The third kappa shape index (κ3) is 3.70. The van der Waals surface area contributed by atoms with Gasteiger partial charge in [0, 0.05) is 26.7 Å². The molecule has 2 saturated heterocycles. The molecule has 8 heteroatoms. The molecule has 2 fully saturated rings. The molecule has 1 aromatic rings. The van der Waals surface area contributed by atoms with Crippen molar-refractivity contribution in [3.63, 3.8) is 0 Å². The van der Waals surface area contributed by atoms with Crippen molar-refractivity contribution in [1.29, 1.82) is 0 Å². The summed E-state index contributed by atoms with van der Waals surface area (Å²) in [6.07, 6.45) is 2.25. The summed E-state index contributed by atoms with van der Waals surface area (Å²) in [6.45, 7) is 3.70. The summed E-state index contributed by atoms with van der Waals surface area (Å²) >= 11 is 0. The van der Waals surface area contributed by atoms with Crippen LogP contribution in [0.5, 0.6) is 0 Å². The van der Waals surface area contributed by atoms with Crippen LogP contribution in [0.4, 0.5) is 16.3 Å². The number of nitrogens with one attached hydrogen (secondary N) is 2. The van der Waals surface area contributed by atoms with Crippen LogP contribution in [0.25, 0.3) is 0 Å². The largest absolute Gasteiger partial charge is 0.378 e. The molecule has 2 aliphatic rings. The first kappa shape index (κ1) is 15.5. The van der Waals surface area contributed by atoms with Crippen molar-refractivity contribution in [1.82, 2.24) is 15.2 Å². The number of nitrogens with zero attached hydrogens (tertiary/aromatic N) is 3. The second-order valence-corrected chi connectivity index (χ2v) is 5.70. The van der Waals surface area contributed by atoms with Gasteiger partial charge in [0.15, 0.2) is 0 Å². The van der Waals surface area contributed by atoms with Gasteiger partial charge in [0.1, 0.15) is 11.9 Å². The molecule has 0 aliphatic carbocycles. The summed E-state index contributed by atoms with van der Waals surface area (Å²) in [7, 11) is 1.73. The number of pyridine rings is 1. The first-order valence-electron chi connectivity index (χ1n) is 7.75. The number of aromatic nitrogens is 1. The highest BCUT2D eigenvalue weighted by molar-refractivity contribution is 5.94. The number of carbonyl (C=O) groups excluding carboxylic acids is 2. The number of anilines is 2. The van der Waals surface area contributed by atoms with E-state index in [1.165, 1.54) is 0 Å². The van der Waals surface area contributed by atoms with Gasteiger partial charge in [-0.2, -0.15) is 0 Å². The second-order valence-electron chi connectivity index (χ2n) is 5.70. The maximum Gasteiger partial charge on any atom is 0.319 e. The van der Waals surface area contributed by atoms with Crippen molar-refractivity contribution in [3.8, 4) is 0 Å². The summed E-state index contributed by atoms with van der Waals surface area (Å²) in [4.78, 5) is 31.8. The van der Waals surface area contributed by atoms with Crippen molar-refractivity contribution >= 4 is 23.4 Å². The van der Waals surface area contributed by atoms with E-state index in [4.69, 9.17) is 4.74 Å². The van der Waals surface area contributed by atoms with Gasteiger partial charge in [-0.15, -0.1) is 0 Å². The molecule has 3 amide bonds. The van der Waals surface area contributed by atoms with Gasteiger partial charge in [-0.3, -0.25) is 4.79 Å². The molecule has 124 valence electrons. The van der Waals surface area contributed by atoms with E-state index >= 15 is 0 Å². The van der Waals surface area contributed by atoms with E-state index in [2.05, 4.69) is 20.5 Å². The molecule has 1 atom stereocenters. The Hall–Kier alpha value is -2.35. The van der Waals surface area contributed by atoms with Gasteiger partial charge >= 0.3 is 6.03 Å². The highest BCUT2D eigenvalue weighted by Crippen LogP contribution is 2.15. The minimum absolute atomic E-state index is 0.0547. The first-order chi connectivity index (χ1) is 11.1. The van der Waals surface area contributed by atoms with Crippen LogP contribution < -0.4 is 15.5 Å². The summed E-state index contributed by atoms with van der Waals surface area (Å²) < 4.78 is 5.31. The van der Waals surface area contributed by atoms with Gasteiger partial charge in [0.25, 0.3) is 0 Å². The minimum atomic E-state index is -0.444. The van der Waals surface area contributed by atoms with Crippen molar-refractivity contribution in [2.75, 3.05) is 50.1 Å². The van der Waals surface area contributed by atoms with Crippen LogP contribution in [0.15, 0.2) is 18.3 Å². The molecule has 0 spiro atoms. The number of ether oxygens (including phenoxy) is 1. The van der Waals surface area contributed by atoms with E-state index in [9.17, 15) is 9.59 Å². The fraction of sp³-hybridized carbons (Fsp3) is 0.533. The number of urea groups is 1. The predicted octanol–water partition coefficient (Wildman–Crippen LogP) is 0.270. The Morgan fingerprint density at radius 1 is 1.30 bits per heavy atom. The Labute approximate surface area is 134 Å². The van der Waals surface area contributed by atoms with Crippen LogP contribution in [0.2, 0.25) is 0 Å². The quantitative estimate of drug-likeness (QED) is 0.835. The number of carbonyl (C=O) groups is 2. The van der Waals surface area contributed by atoms with Gasteiger partial charge in [-0.05, 0) is 18.6 Å². The number of hydrogen-bond donors (Lipinski definition) is 2. The Bertz CT molecular complexity index is 571. The fourth-order valence-corrected chi connectivity index (χ4v) is 2.72. The van der Waals surface area contributed by atoms with E-state index < -0.39 is 6.04 Å². The SMILES string of the molecule is CN1CC[C@@H](NC(=O)Nc2ccc(N3CCOCC3)nc2)C1=O. The van der Waals surface area contributed by atoms with Gasteiger partial charge in [-0.1, -0.05) is 0 Å². The summed E-state index contributed by atoms with van der Waals surface area (Å²) in [5.74, 6) is 0.813. The zero-order valence-electron chi connectivity index (χ0n) is 13.1. The third-order valence-electron chi connectivity index (χ3n) is 4.07. The highest BCUT2D eigenvalue weighted by Gasteiger charge is 2.30. The Morgan fingerprint density at radius 2 is 2.09 bits per heavy atom. The van der Waals surface area contributed by atoms with Crippen LogP contribution in [0, 0.1) is 0 Å². The molecule has 0 unspecified atom stereocenters. The molecule has 2 N–H and O–H groups in total. The number of likely N-dealkylation sites (N-methyl/N-ethyl adjacent to an activating group) is 1. The predicted molar refractivity (Wildman–Crippen MR) is 85.5 cm³/mol. The van der Waals surface area contributed by atoms with Gasteiger partial charge in [-0.25, -0.2) is 9.78 Å². The van der Waals surface area contributed by atoms with Gasteiger partial charge < -0.3 is 25.2 Å². The van der Waals surface area contributed by atoms with E-state index in [0.29, 0.717) is 31.9 Å². The molecule has 0 radical (unpaired) electrons. The standard InChI is InChI=1S/C15H21N5O3/c1-19-5-4-12(14(19)21)18-15(22)17-11-2-3-13(16-10-11)20-6-8-23-9-7-20/h2-3,10,12H,4-9H2,1H3,(H2,17,18,22)/t12-/m1/s1. The first-order valence-corrected chi connectivity index (χ1v) is 7.75. The topological polar surface area (TPSA) is 86.8 Å². The molecule has 2 aliphatic heterocycles. The lowest BCUT2D eigenvalue weighted by atomic mass is 10.2. The number of morpholine rings is 1. The van der Waals surface area contributed by atoms with Crippen LogP contribution in [0.3, 0.4) is 0 Å². The average molecular weight is 319 g/mol. The minimum Gasteiger partial charge on any atom is -0.378 e. The second kappa shape index (κ2) is 6.82. The van der Waals surface area contributed by atoms with Crippen LogP contribution in [-0.2, 0) is 9.53 Å². The molecule has 3 heterocycles. The molecular formula is C15H21N5O3. The average Bonchev–Trinajstić information content (AvgIpc) is 2.88. The Morgan fingerprint density at radius 3 is 2.70 bits per heavy atom. The number of likely N-dealkylation sites (tertiary alicyclic amines) is 1. The summed E-state index contributed by atoms with van der Waals surface area (Å²) in [6, 6.07) is 2.84. The van der Waals surface area contributed by atoms with Crippen molar-refractivity contribution < 1.29 is 14.3 Å². The van der Waals surface area contributed by atoms with Crippen LogP contribution in [0.1, 0.15) is 6.42 Å². The molecule has 0 saturated carbocycles. The molecular weight excluding hydrogens is 298 g/mol. The zero-order valence-corrected chi connectivity index (χ0v) is 13.1. The lowest BCUT2D eigenvalue weighted by Crippen LogP contribution is -2.42. The molecule has 0 bridgehead atoms. The van der Waals surface area contributed by atoms with Gasteiger partial charge in [0.05, 0.1) is 25.1 Å². The molecule has 8 nitrogen and oxygen atoms in total.